The van der Waals surface area contributed by atoms with Gasteiger partial charge in [-0.2, -0.15) is 0 Å². The van der Waals surface area contributed by atoms with Crippen LogP contribution in [-0.2, 0) is 4.79 Å². The number of piperazine rings is 1. The topological polar surface area (TPSA) is 67.2 Å². The number of aryl methyl sites for hydroxylation is 2. The zero-order valence-electron chi connectivity index (χ0n) is 19.6. The molecule has 2 aromatic carbocycles. The van der Waals surface area contributed by atoms with Crippen molar-refractivity contribution in [1.29, 1.82) is 0 Å². The molecule has 1 amide bonds. The lowest BCUT2D eigenvalue weighted by Gasteiger charge is -2.37. The molecule has 1 aliphatic heterocycles. The monoisotopic (exact) mass is 492 g/mol. The number of fused-ring (bicyclic) bond motifs is 1. The van der Waals surface area contributed by atoms with Gasteiger partial charge in [-0.1, -0.05) is 30.0 Å². The lowest BCUT2D eigenvalue weighted by Crippen LogP contribution is -2.49. The first-order chi connectivity index (χ1) is 16.5. The van der Waals surface area contributed by atoms with Crippen LogP contribution < -0.4 is 0 Å². The number of carbonyl (C=O) groups excluding carboxylic acids is 1. The Hall–Kier alpha value is -2.75. The van der Waals surface area contributed by atoms with Crippen molar-refractivity contribution < 1.29 is 4.79 Å². The Morgan fingerprint density at radius 3 is 2.65 bits per heavy atom. The number of para-hydroxylation sites is 1. The van der Waals surface area contributed by atoms with Gasteiger partial charge in [-0.05, 0) is 56.2 Å². The molecular formula is C25H28N6OS2. The SMILES string of the molecule is Cc1ccc(-n2cnnc2SCC(=O)N2CCN([C@@H](C)c3nc4ccccc4s3)CC2)cc1C. The van der Waals surface area contributed by atoms with Gasteiger partial charge in [0, 0.05) is 31.9 Å². The molecule has 1 fully saturated rings. The maximum Gasteiger partial charge on any atom is 0.233 e. The van der Waals surface area contributed by atoms with E-state index < -0.39 is 0 Å². The molecule has 0 aliphatic carbocycles. The Bertz CT molecular complexity index is 1270. The van der Waals surface area contributed by atoms with Crippen molar-refractivity contribution in [1.82, 2.24) is 29.5 Å². The second-order valence-corrected chi connectivity index (χ2v) is 10.7. The Morgan fingerprint density at radius 2 is 1.88 bits per heavy atom. The number of thioether (sulfide) groups is 1. The second kappa shape index (κ2) is 9.85. The molecule has 3 heterocycles. The summed E-state index contributed by atoms with van der Waals surface area (Å²) in [6.07, 6.45) is 1.71. The lowest BCUT2D eigenvalue weighted by atomic mass is 10.1. The Labute approximate surface area is 207 Å². The van der Waals surface area contributed by atoms with Crippen LogP contribution in [0.5, 0.6) is 0 Å². The highest BCUT2D eigenvalue weighted by atomic mass is 32.2. The molecule has 0 spiro atoms. The summed E-state index contributed by atoms with van der Waals surface area (Å²) in [5.74, 6) is 0.503. The molecule has 0 unspecified atom stereocenters. The highest BCUT2D eigenvalue weighted by molar-refractivity contribution is 7.99. The molecule has 1 atom stereocenters. The predicted octanol–water partition coefficient (Wildman–Crippen LogP) is 4.49. The zero-order chi connectivity index (χ0) is 23.7. The fraction of sp³-hybridized carbons (Fsp3) is 0.360. The van der Waals surface area contributed by atoms with Gasteiger partial charge in [0.05, 0.1) is 22.0 Å². The number of amides is 1. The molecule has 7 nitrogen and oxygen atoms in total. The summed E-state index contributed by atoms with van der Waals surface area (Å²) >= 11 is 3.20. The number of benzene rings is 2. The minimum Gasteiger partial charge on any atom is -0.339 e. The molecule has 1 aliphatic rings. The quantitative estimate of drug-likeness (QED) is 0.370. The van der Waals surface area contributed by atoms with Crippen LogP contribution in [-0.4, -0.2) is 67.4 Å². The summed E-state index contributed by atoms with van der Waals surface area (Å²) in [7, 11) is 0. The van der Waals surface area contributed by atoms with E-state index >= 15 is 0 Å². The molecule has 5 rings (SSSR count). The van der Waals surface area contributed by atoms with Gasteiger partial charge < -0.3 is 4.90 Å². The van der Waals surface area contributed by atoms with E-state index in [0.29, 0.717) is 5.75 Å². The maximum atomic E-state index is 12.9. The van der Waals surface area contributed by atoms with Crippen molar-refractivity contribution in [2.75, 3.05) is 31.9 Å². The van der Waals surface area contributed by atoms with Gasteiger partial charge in [-0.3, -0.25) is 14.3 Å². The fourth-order valence-corrected chi connectivity index (χ4v) is 6.06. The van der Waals surface area contributed by atoms with Crippen LogP contribution in [0.4, 0.5) is 0 Å². The maximum absolute atomic E-state index is 12.9. The third-order valence-electron chi connectivity index (χ3n) is 6.49. The minimum absolute atomic E-state index is 0.145. The van der Waals surface area contributed by atoms with Crippen LogP contribution in [0.25, 0.3) is 15.9 Å². The molecule has 0 bridgehead atoms. The fourth-order valence-electron chi connectivity index (χ4n) is 4.18. The van der Waals surface area contributed by atoms with Crippen LogP contribution in [0.1, 0.15) is 29.1 Å². The number of hydrogen-bond acceptors (Lipinski definition) is 7. The smallest absolute Gasteiger partial charge is 0.233 e. The van der Waals surface area contributed by atoms with Crippen molar-refractivity contribution >= 4 is 39.2 Å². The van der Waals surface area contributed by atoms with Gasteiger partial charge in [-0.25, -0.2) is 4.98 Å². The number of hydrogen-bond donors (Lipinski definition) is 0. The van der Waals surface area contributed by atoms with E-state index in [-0.39, 0.29) is 11.9 Å². The molecule has 34 heavy (non-hydrogen) atoms. The molecule has 176 valence electrons. The highest BCUT2D eigenvalue weighted by Crippen LogP contribution is 2.30. The summed E-state index contributed by atoms with van der Waals surface area (Å²) in [5, 5.41) is 10.2. The summed E-state index contributed by atoms with van der Waals surface area (Å²) in [6.45, 7) is 9.58. The first-order valence-corrected chi connectivity index (χ1v) is 13.3. The van der Waals surface area contributed by atoms with Crippen molar-refractivity contribution in [3.63, 3.8) is 0 Å². The van der Waals surface area contributed by atoms with E-state index in [2.05, 4.69) is 72.3 Å². The highest BCUT2D eigenvalue weighted by Gasteiger charge is 2.26. The largest absolute Gasteiger partial charge is 0.339 e. The molecule has 9 heteroatoms. The standard InChI is InChI=1S/C25H28N6OS2/c1-17-8-9-20(14-18(17)2)31-16-26-28-25(31)33-15-23(32)30-12-10-29(11-13-30)19(3)24-27-21-6-4-5-7-22(21)34-24/h4-9,14,16,19H,10-13,15H2,1-3H3/t19-/m0/s1. The van der Waals surface area contributed by atoms with Gasteiger partial charge in [0.2, 0.25) is 5.91 Å². The van der Waals surface area contributed by atoms with Gasteiger partial charge >= 0.3 is 0 Å². The van der Waals surface area contributed by atoms with Crippen LogP contribution in [0.15, 0.2) is 53.9 Å². The van der Waals surface area contributed by atoms with Gasteiger partial charge in [0.15, 0.2) is 5.16 Å². The van der Waals surface area contributed by atoms with Crippen LogP contribution in [0, 0.1) is 13.8 Å². The van der Waals surface area contributed by atoms with E-state index in [4.69, 9.17) is 4.98 Å². The van der Waals surface area contributed by atoms with Gasteiger partial charge in [-0.15, -0.1) is 21.5 Å². The Morgan fingerprint density at radius 1 is 1.09 bits per heavy atom. The predicted molar refractivity (Wildman–Crippen MR) is 138 cm³/mol. The van der Waals surface area contributed by atoms with Gasteiger partial charge in [0.25, 0.3) is 0 Å². The van der Waals surface area contributed by atoms with E-state index in [9.17, 15) is 4.79 Å². The van der Waals surface area contributed by atoms with Crippen molar-refractivity contribution in [3.8, 4) is 5.69 Å². The number of carbonyl (C=O) groups is 1. The summed E-state index contributed by atoms with van der Waals surface area (Å²) < 4.78 is 3.17. The molecular weight excluding hydrogens is 464 g/mol. The average molecular weight is 493 g/mol. The van der Waals surface area contributed by atoms with E-state index in [1.807, 2.05) is 15.5 Å². The van der Waals surface area contributed by atoms with E-state index in [0.717, 1.165) is 47.5 Å². The Kier molecular flexibility index (Phi) is 6.67. The molecule has 0 N–H and O–H groups in total. The molecule has 4 aromatic rings. The van der Waals surface area contributed by atoms with Crippen LogP contribution in [0.2, 0.25) is 0 Å². The second-order valence-electron chi connectivity index (χ2n) is 8.65. The third kappa shape index (κ3) is 4.73. The number of thiazole rings is 1. The van der Waals surface area contributed by atoms with Crippen LogP contribution >= 0.6 is 23.1 Å². The lowest BCUT2D eigenvalue weighted by molar-refractivity contribution is -0.130. The molecule has 2 aromatic heterocycles. The third-order valence-corrected chi connectivity index (χ3v) is 8.63. The molecule has 1 saturated heterocycles. The van der Waals surface area contributed by atoms with Gasteiger partial charge in [0.1, 0.15) is 11.3 Å². The average Bonchev–Trinajstić information content (AvgIpc) is 3.51. The first-order valence-electron chi connectivity index (χ1n) is 11.5. The number of aromatic nitrogens is 4. The Balaban J connectivity index is 1.16. The van der Waals surface area contributed by atoms with Crippen LogP contribution in [0.3, 0.4) is 0 Å². The molecule has 0 radical (unpaired) electrons. The summed E-state index contributed by atoms with van der Waals surface area (Å²) in [4.78, 5) is 22.1. The van der Waals surface area contributed by atoms with Crippen molar-refractivity contribution in [2.45, 2.75) is 32.0 Å². The van der Waals surface area contributed by atoms with Crippen molar-refractivity contribution in [3.05, 3.63) is 64.9 Å². The van der Waals surface area contributed by atoms with E-state index in [1.54, 1.807) is 17.7 Å². The summed E-state index contributed by atoms with van der Waals surface area (Å²) in [6, 6.07) is 14.8. The zero-order valence-corrected chi connectivity index (χ0v) is 21.3. The van der Waals surface area contributed by atoms with Crippen molar-refractivity contribution in [2.24, 2.45) is 0 Å². The van der Waals surface area contributed by atoms with E-state index in [1.165, 1.54) is 27.6 Å². The first kappa shape index (κ1) is 23.0. The summed E-state index contributed by atoms with van der Waals surface area (Å²) in [5.41, 5.74) is 4.54. The normalized spacial score (nSPS) is 15.7. The minimum atomic E-state index is 0.145. The number of nitrogens with zero attached hydrogens (tertiary/aromatic N) is 6. The number of rotatable bonds is 6. The molecule has 0 saturated carbocycles.